The third-order valence-electron chi connectivity index (χ3n) is 3.04. The van der Waals surface area contributed by atoms with Gasteiger partial charge in [-0.3, -0.25) is 4.99 Å². The lowest BCUT2D eigenvalue weighted by atomic mass is 9.93. The SMILES string of the molecule is C=CCCc1ccc(Cl)cc1C(=C)C(N)/C=C/NC=NC. The van der Waals surface area contributed by atoms with Gasteiger partial charge in [-0.05, 0) is 54.0 Å². The molecule has 1 aromatic rings. The summed E-state index contributed by atoms with van der Waals surface area (Å²) in [6, 6.07) is 5.53. The topological polar surface area (TPSA) is 50.4 Å². The smallest absolute Gasteiger partial charge is 0.0859 e. The number of benzene rings is 1. The molecule has 0 aliphatic rings. The fourth-order valence-electron chi connectivity index (χ4n) is 1.90. The lowest BCUT2D eigenvalue weighted by Crippen LogP contribution is -2.20. The molecule has 3 N–H and O–H groups in total. The molecule has 0 aromatic heterocycles. The number of nitrogens with two attached hydrogens (primary N) is 1. The molecule has 0 saturated carbocycles. The van der Waals surface area contributed by atoms with E-state index in [-0.39, 0.29) is 6.04 Å². The van der Waals surface area contributed by atoms with Crippen LogP contribution in [0.3, 0.4) is 0 Å². The van der Waals surface area contributed by atoms with Gasteiger partial charge in [0.05, 0.1) is 6.34 Å². The van der Waals surface area contributed by atoms with Gasteiger partial charge in [-0.15, -0.1) is 6.58 Å². The second kappa shape index (κ2) is 9.16. The second-order valence-electron chi connectivity index (χ2n) is 4.59. The summed E-state index contributed by atoms with van der Waals surface area (Å²) < 4.78 is 0. The minimum Gasteiger partial charge on any atom is -0.353 e. The van der Waals surface area contributed by atoms with Crippen LogP contribution in [-0.2, 0) is 6.42 Å². The summed E-state index contributed by atoms with van der Waals surface area (Å²) in [5.41, 5.74) is 9.16. The molecule has 1 atom stereocenters. The molecular weight excluding hydrogens is 282 g/mol. The Hall–Kier alpha value is -1.84. The van der Waals surface area contributed by atoms with Gasteiger partial charge in [0.2, 0.25) is 0 Å². The normalized spacial score (nSPS) is 12.7. The maximum atomic E-state index is 6.15. The minimum absolute atomic E-state index is 0.288. The summed E-state index contributed by atoms with van der Waals surface area (Å²) in [6.45, 7) is 7.87. The van der Waals surface area contributed by atoms with Crippen LogP contribution in [0.2, 0.25) is 5.02 Å². The lowest BCUT2D eigenvalue weighted by molar-refractivity contribution is 0.982. The highest BCUT2D eigenvalue weighted by atomic mass is 35.5. The Kier molecular flexibility index (Phi) is 7.51. The van der Waals surface area contributed by atoms with Crippen molar-refractivity contribution in [2.24, 2.45) is 10.7 Å². The minimum atomic E-state index is -0.288. The van der Waals surface area contributed by atoms with E-state index in [1.807, 2.05) is 30.4 Å². The predicted octanol–water partition coefficient (Wildman–Crippen LogP) is 3.56. The van der Waals surface area contributed by atoms with E-state index in [1.54, 1.807) is 19.6 Å². The molecule has 0 saturated heterocycles. The summed E-state index contributed by atoms with van der Waals surface area (Å²) in [6.07, 6.45) is 8.86. The second-order valence-corrected chi connectivity index (χ2v) is 5.03. The Morgan fingerprint density at radius 2 is 2.29 bits per heavy atom. The van der Waals surface area contributed by atoms with E-state index in [0.717, 1.165) is 24.0 Å². The number of rotatable bonds is 8. The first-order valence-electron chi connectivity index (χ1n) is 6.77. The fraction of sp³-hybridized carbons (Fsp3) is 0.235. The van der Waals surface area contributed by atoms with Crippen LogP contribution in [0.1, 0.15) is 17.5 Å². The van der Waals surface area contributed by atoms with Crippen molar-refractivity contribution >= 4 is 23.5 Å². The van der Waals surface area contributed by atoms with Crippen molar-refractivity contribution in [3.05, 3.63) is 65.9 Å². The predicted molar refractivity (Wildman–Crippen MR) is 93.7 cm³/mol. The van der Waals surface area contributed by atoms with Gasteiger partial charge in [-0.2, -0.15) is 0 Å². The molecule has 0 radical (unpaired) electrons. The third-order valence-corrected chi connectivity index (χ3v) is 3.28. The monoisotopic (exact) mass is 303 g/mol. The number of nitrogens with zero attached hydrogens (tertiary/aromatic N) is 1. The number of halogens is 1. The largest absolute Gasteiger partial charge is 0.353 e. The first-order chi connectivity index (χ1) is 10.1. The number of aliphatic imine (C=N–C) groups is 1. The van der Waals surface area contributed by atoms with E-state index in [1.165, 1.54) is 5.56 Å². The van der Waals surface area contributed by atoms with Crippen LogP contribution >= 0.6 is 11.6 Å². The van der Waals surface area contributed by atoms with Crippen molar-refractivity contribution in [3.8, 4) is 0 Å². The lowest BCUT2D eigenvalue weighted by Gasteiger charge is -2.16. The van der Waals surface area contributed by atoms with Crippen LogP contribution < -0.4 is 11.1 Å². The Labute approximate surface area is 131 Å². The molecule has 0 aliphatic carbocycles. The van der Waals surface area contributed by atoms with Gasteiger partial charge in [0, 0.05) is 18.1 Å². The summed E-state index contributed by atoms with van der Waals surface area (Å²) in [5, 5.41) is 3.58. The Balaban J connectivity index is 2.91. The molecule has 4 heteroatoms. The molecule has 0 aliphatic heterocycles. The molecule has 1 aromatic carbocycles. The number of aryl methyl sites for hydroxylation is 1. The van der Waals surface area contributed by atoms with Crippen molar-refractivity contribution in [3.63, 3.8) is 0 Å². The standard InChI is InChI=1S/C17H22ClN3/c1-4-5-6-14-7-8-15(18)11-16(14)13(2)17(19)9-10-21-12-20-3/h4,7-12,17H,1-2,5-6,19H2,3H3,(H,20,21)/b10-9+. The maximum absolute atomic E-state index is 6.15. The molecular formula is C17H22ClN3. The highest BCUT2D eigenvalue weighted by Gasteiger charge is 2.11. The number of hydrogen-bond acceptors (Lipinski definition) is 2. The van der Waals surface area contributed by atoms with Crippen molar-refractivity contribution in [1.82, 2.24) is 5.32 Å². The van der Waals surface area contributed by atoms with Crippen molar-refractivity contribution < 1.29 is 0 Å². The van der Waals surface area contributed by atoms with Gasteiger partial charge in [0.15, 0.2) is 0 Å². The molecule has 0 bridgehead atoms. The zero-order chi connectivity index (χ0) is 15.7. The van der Waals surface area contributed by atoms with Crippen LogP contribution in [0, 0.1) is 0 Å². The van der Waals surface area contributed by atoms with E-state index in [2.05, 4.69) is 23.5 Å². The van der Waals surface area contributed by atoms with E-state index < -0.39 is 0 Å². The molecule has 1 rings (SSSR count). The Morgan fingerprint density at radius 1 is 1.52 bits per heavy atom. The van der Waals surface area contributed by atoms with E-state index in [0.29, 0.717) is 5.02 Å². The van der Waals surface area contributed by atoms with Crippen molar-refractivity contribution in [2.45, 2.75) is 18.9 Å². The average Bonchev–Trinajstić information content (AvgIpc) is 2.49. The highest BCUT2D eigenvalue weighted by molar-refractivity contribution is 6.30. The summed E-state index contributed by atoms with van der Waals surface area (Å²) in [5.74, 6) is 0. The van der Waals surface area contributed by atoms with Gasteiger partial charge in [-0.1, -0.05) is 30.3 Å². The van der Waals surface area contributed by atoms with Crippen molar-refractivity contribution in [2.75, 3.05) is 7.05 Å². The fourth-order valence-corrected chi connectivity index (χ4v) is 2.07. The summed E-state index contributed by atoms with van der Waals surface area (Å²) >= 11 is 6.10. The Bertz CT molecular complexity index is 547. The zero-order valence-corrected chi connectivity index (χ0v) is 13.1. The molecule has 1 unspecified atom stereocenters. The first-order valence-corrected chi connectivity index (χ1v) is 7.15. The van der Waals surface area contributed by atoms with E-state index in [9.17, 15) is 0 Å². The van der Waals surface area contributed by atoms with Gasteiger partial charge in [0.1, 0.15) is 0 Å². The van der Waals surface area contributed by atoms with Crippen LogP contribution in [-0.4, -0.2) is 19.4 Å². The third kappa shape index (κ3) is 5.58. The molecule has 0 heterocycles. The molecule has 3 nitrogen and oxygen atoms in total. The molecule has 0 spiro atoms. The summed E-state index contributed by atoms with van der Waals surface area (Å²) in [7, 11) is 1.69. The highest BCUT2D eigenvalue weighted by Crippen LogP contribution is 2.25. The number of hydrogen-bond donors (Lipinski definition) is 2. The molecule has 21 heavy (non-hydrogen) atoms. The Morgan fingerprint density at radius 3 is 2.95 bits per heavy atom. The molecule has 112 valence electrons. The van der Waals surface area contributed by atoms with Crippen LogP contribution in [0.5, 0.6) is 0 Å². The maximum Gasteiger partial charge on any atom is 0.0859 e. The van der Waals surface area contributed by atoms with E-state index >= 15 is 0 Å². The van der Waals surface area contributed by atoms with Crippen LogP contribution in [0.25, 0.3) is 5.57 Å². The number of nitrogens with one attached hydrogen (secondary N) is 1. The van der Waals surface area contributed by atoms with Gasteiger partial charge in [-0.25, -0.2) is 0 Å². The molecule has 0 amide bonds. The van der Waals surface area contributed by atoms with Gasteiger partial charge >= 0.3 is 0 Å². The summed E-state index contributed by atoms with van der Waals surface area (Å²) in [4.78, 5) is 3.82. The average molecular weight is 304 g/mol. The first kappa shape index (κ1) is 17.2. The van der Waals surface area contributed by atoms with Gasteiger partial charge in [0.25, 0.3) is 0 Å². The van der Waals surface area contributed by atoms with Crippen LogP contribution in [0.15, 0.2) is 54.7 Å². The van der Waals surface area contributed by atoms with Gasteiger partial charge < -0.3 is 11.1 Å². The quantitative estimate of drug-likeness (QED) is 0.438. The van der Waals surface area contributed by atoms with Crippen LogP contribution in [0.4, 0.5) is 0 Å². The molecule has 0 fully saturated rings. The van der Waals surface area contributed by atoms with Crippen molar-refractivity contribution in [1.29, 1.82) is 0 Å². The zero-order valence-electron chi connectivity index (χ0n) is 12.3. The number of allylic oxidation sites excluding steroid dienone is 1. The van der Waals surface area contributed by atoms with E-state index in [4.69, 9.17) is 17.3 Å².